The Morgan fingerprint density at radius 2 is 1.64 bits per heavy atom. The van der Waals surface area contributed by atoms with E-state index in [1.54, 1.807) is 13.0 Å². The molecule has 4 heterocycles. The zero-order chi connectivity index (χ0) is 48.7. The first-order chi connectivity index (χ1) is 33.0. The summed E-state index contributed by atoms with van der Waals surface area (Å²) in [5.74, 6) is -1.33. The normalized spacial score (nSPS) is 30.4. The summed E-state index contributed by atoms with van der Waals surface area (Å²) < 4.78 is 71.7. The van der Waals surface area contributed by atoms with Crippen molar-refractivity contribution in [2.45, 2.75) is 163 Å². The molecule has 3 N–H and O–H groups in total. The van der Waals surface area contributed by atoms with Crippen LogP contribution in [0, 0.1) is 17.8 Å². The zero-order valence-corrected chi connectivity index (χ0v) is 41.8. The molecule has 2 saturated heterocycles. The van der Waals surface area contributed by atoms with Gasteiger partial charge in [-0.05, 0) is 108 Å². The van der Waals surface area contributed by atoms with E-state index in [4.69, 9.17) is 19.2 Å². The van der Waals surface area contributed by atoms with Gasteiger partial charge in [0.25, 0.3) is 5.91 Å². The Kier molecular flexibility index (Phi) is 14.3. The van der Waals surface area contributed by atoms with Crippen LogP contribution in [-0.2, 0) is 45.4 Å². The monoisotopic (exact) mass is 994 g/mol. The van der Waals surface area contributed by atoms with Crippen LogP contribution in [0.3, 0.4) is 0 Å². The number of nitrogens with zero attached hydrogens (tertiary/aromatic N) is 3. The highest BCUT2D eigenvalue weighted by molar-refractivity contribution is 7.91. The minimum Gasteiger partial charge on any atom is -0.489 e. The first-order valence-corrected chi connectivity index (χ1v) is 28.9. The van der Waals surface area contributed by atoms with Crippen molar-refractivity contribution in [1.82, 2.24) is 30.1 Å². The quantitative estimate of drug-likeness (QED) is 0.236. The Bertz CT molecular complexity index is 2520. The lowest BCUT2D eigenvalue weighted by molar-refractivity contribution is -0.145. The van der Waals surface area contributed by atoms with Gasteiger partial charge in [-0.1, -0.05) is 50.3 Å². The van der Waals surface area contributed by atoms with E-state index >= 15 is 4.79 Å². The molecule has 4 amide bonds. The Labute approximate surface area is 406 Å². The largest absolute Gasteiger partial charge is 0.489 e. The number of pyridine rings is 1. The highest BCUT2D eigenvalue weighted by atomic mass is 32.2. The summed E-state index contributed by atoms with van der Waals surface area (Å²) in [6.45, 7) is 7.33. The number of amides is 4. The molecule has 6 fully saturated rings. The summed E-state index contributed by atoms with van der Waals surface area (Å²) in [4.78, 5) is 66.8. The highest BCUT2D eigenvalue weighted by Gasteiger charge is 2.58. The number of piperidine rings is 1. The number of rotatable bonds is 12. The Hall–Kier alpha value is -4.49. The maximum atomic E-state index is 15.2. The van der Waals surface area contributed by atoms with Crippen molar-refractivity contribution in [2.75, 3.05) is 38.2 Å². The van der Waals surface area contributed by atoms with Gasteiger partial charge in [0.1, 0.15) is 51.5 Å². The van der Waals surface area contributed by atoms with E-state index < -0.39 is 78.1 Å². The summed E-state index contributed by atoms with van der Waals surface area (Å²) in [6.07, 6.45) is 13.0. The van der Waals surface area contributed by atoms with Gasteiger partial charge in [-0.3, -0.25) is 19.1 Å². The number of ether oxygens (including phenoxy) is 3. The Balaban J connectivity index is 1.05. The van der Waals surface area contributed by atoms with Crippen molar-refractivity contribution in [1.29, 1.82) is 0 Å². The Morgan fingerprint density at radius 1 is 0.928 bits per heavy atom. The van der Waals surface area contributed by atoms with Crippen molar-refractivity contribution in [3.63, 3.8) is 0 Å². The summed E-state index contributed by atoms with van der Waals surface area (Å²) in [5.41, 5.74) is -0.168. The van der Waals surface area contributed by atoms with E-state index in [1.165, 1.54) is 11.2 Å². The summed E-state index contributed by atoms with van der Waals surface area (Å²) in [6, 6.07) is 5.60. The van der Waals surface area contributed by atoms with E-state index in [9.17, 15) is 31.2 Å². The second-order valence-electron chi connectivity index (χ2n) is 21.3. The molecule has 1 aromatic heterocycles. The lowest BCUT2D eigenvalue weighted by Crippen LogP contribution is -2.70. The summed E-state index contributed by atoms with van der Waals surface area (Å²) in [7, 11) is -7.15. The van der Waals surface area contributed by atoms with Gasteiger partial charge in [0, 0.05) is 43.6 Å². The van der Waals surface area contributed by atoms with Crippen LogP contribution in [0.25, 0.3) is 10.9 Å². The van der Waals surface area contributed by atoms with Gasteiger partial charge in [-0.25, -0.2) is 26.6 Å². The number of fused-ring (bicyclic) bond motifs is 5. The maximum Gasteiger partial charge on any atom is 0.408 e. The van der Waals surface area contributed by atoms with E-state index in [2.05, 4.69) is 26.8 Å². The number of hydrogen-bond donors (Lipinski definition) is 3. The van der Waals surface area contributed by atoms with Crippen LogP contribution >= 0.6 is 0 Å². The lowest BCUT2D eigenvalue weighted by atomic mass is 9.66. The predicted molar refractivity (Wildman–Crippen MR) is 259 cm³/mol. The number of nitrogens with one attached hydrogen (secondary N) is 3. The van der Waals surface area contributed by atoms with Crippen LogP contribution in [0.15, 0.2) is 36.9 Å². The fraction of sp³-hybridized carbons (Fsp3) is 0.700. The predicted octanol–water partition coefficient (Wildman–Crippen LogP) is 5.10. The van der Waals surface area contributed by atoms with Crippen LogP contribution < -0.4 is 24.8 Å². The van der Waals surface area contributed by atoms with Crippen molar-refractivity contribution in [3.05, 3.63) is 42.5 Å². The number of carbonyl (C=O) groups is 4. The van der Waals surface area contributed by atoms with Gasteiger partial charge in [0.15, 0.2) is 0 Å². The first-order valence-electron chi connectivity index (χ1n) is 25.4. The highest BCUT2D eigenvalue weighted by Crippen LogP contribution is 2.45. The third-order valence-electron chi connectivity index (χ3n) is 16.3. The first kappa shape index (κ1) is 49.5. The van der Waals surface area contributed by atoms with Gasteiger partial charge in [0.05, 0.1) is 28.1 Å². The SMILES string of the molecule is C=CC1CCC1(NC(=O)C1CC2CN1C(=O)C(C1CCCCC1)NC(=O)OC1CC1CCCCCc1c(nc3ccccc3c1OC1CCN(CCS(C)(=O)=O)CC1)O2)C(=O)NS(=O)(=O)C1(C)CC1. The Morgan fingerprint density at radius 3 is 2.32 bits per heavy atom. The molecule has 4 aliphatic carbocycles. The molecular weight excluding hydrogens is 925 g/mol. The maximum absolute atomic E-state index is 15.2. The number of hydrogen-bond acceptors (Lipinski definition) is 13. The number of likely N-dealkylation sites (tertiary alicyclic amines) is 1. The number of sulfone groups is 1. The molecule has 7 aliphatic rings. The zero-order valence-electron chi connectivity index (χ0n) is 40.1. The third kappa shape index (κ3) is 10.9. The molecular formula is C50H70N6O11S2. The van der Waals surface area contributed by atoms with Crippen molar-refractivity contribution < 1.29 is 50.2 Å². The van der Waals surface area contributed by atoms with Crippen LogP contribution in [-0.4, -0.2) is 134 Å². The minimum atomic E-state index is -4.05. The molecule has 0 spiro atoms. The lowest BCUT2D eigenvalue weighted by Gasteiger charge is -2.47. The van der Waals surface area contributed by atoms with Crippen LogP contribution in [0.5, 0.6) is 11.6 Å². The van der Waals surface area contributed by atoms with Gasteiger partial charge in [-0.15, -0.1) is 6.58 Å². The minimum absolute atomic E-state index is 0.0199. The fourth-order valence-electron chi connectivity index (χ4n) is 11.3. The van der Waals surface area contributed by atoms with Crippen molar-refractivity contribution in [3.8, 4) is 11.6 Å². The smallest absolute Gasteiger partial charge is 0.408 e. The van der Waals surface area contributed by atoms with Crippen LogP contribution in [0.4, 0.5) is 4.79 Å². The number of aromatic nitrogens is 1. The summed E-state index contributed by atoms with van der Waals surface area (Å²) in [5, 5.41) is 6.76. The van der Waals surface area contributed by atoms with E-state index in [1.807, 2.05) is 24.3 Å². The van der Waals surface area contributed by atoms with E-state index in [0.29, 0.717) is 88.1 Å². The average Bonchev–Trinajstić information content (AvgIpc) is 4.21. The molecule has 17 nitrogen and oxygen atoms in total. The molecule has 7 unspecified atom stereocenters. The number of carbonyl (C=O) groups excluding carboxylic acids is 4. The molecule has 7 atom stereocenters. The number of benzene rings is 1. The second kappa shape index (κ2) is 20.0. The van der Waals surface area contributed by atoms with Crippen molar-refractivity contribution in [2.24, 2.45) is 17.8 Å². The number of para-hydroxylation sites is 1. The molecule has 3 aliphatic heterocycles. The molecule has 4 saturated carbocycles. The molecule has 9 rings (SSSR count). The standard InChI is InChI=1S/C50H70N6O11S2/c1-4-34-19-22-50(34,47(59)54-69(63,64)49(2)23-24-49)53-44(57)40-30-36-31-56(40)46(58)42(32-13-7-5-8-14-32)52-48(60)67-41-29-33(41)15-9-6-10-17-38-43(37-16-11-12-18-39(37)51-45(38)66-36)65-35-20-25-55(26-21-35)27-28-68(3,61)62/h4,11-12,16,18,32-36,40-42H,1,5-10,13-15,17,19-31H2,2-3H3,(H,52,60)(H,53,57)(H,54,59). The van der Waals surface area contributed by atoms with Crippen LogP contribution in [0.1, 0.15) is 122 Å². The van der Waals surface area contributed by atoms with Gasteiger partial charge in [0.2, 0.25) is 27.7 Å². The van der Waals surface area contributed by atoms with E-state index in [-0.39, 0.29) is 49.2 Å². The average molecular weight is 995 g/mol. The molecule has 2 aromatic rings. The number of alkyl carbamates (subject to hydrolysis) is 1. The summed E-state index contributed by atoms with van der Waals surface area (Å²) >= 11 is 0. The molecule has 19 heteroatoms. The fourth-order valence-corrected chi connectivity index (χ4v) is 13.2. The van der Waals surface area contributed by atoms with Gasteiger partial charge in [-0.2, -0.15) is 0 Å². The third-order valence-corrected chi connectivity index (χ3v) is 19.3. The number of sulfonamides is 1. The van der Waals surface area contributed by atoms with E-state index in [0.717, 1.165) is 62.3 Å². The second-order valence-corrected chi connectivity index (χ2v) is 25.8. The molecule has 0 radical (unpaired) electrons. The topological polar surface area (TPSA) is 220 Å². The van der Waals surface area contributed by atoms with Gasteiger partial charge >= 0.3 is 6.09 Å². The van der Waals surface area contributed by atoms with Crippen LogP contribution in [0.2, 0.25) is 0 Å². The molecule has 2 bridgehead atoms. The van der Waals surface area contributed by atoms with Crippen molar-refractivity contribution >= 4 is 54.6 Å². The van der Waals surface area contributed by atoms with Gasteiger partial charge < -0.3 is 34.6 Å². The molecule has 378 valence electrons. The molecule has 69 heavy (non-hydrogen) atoms. The molecule has 1 aromatic carbocycles.